The lowest BCUT2D eigenvalue weighted by atomic mass is 10.1. The summed E-state index contributed by atoms with van der Waals surface area (Å²) < 4.78 is 5.19. The molecule has 0 aliphatic heterocycles. The van der Waals surface area contributed by atoms with Gasteiger partial charge in [-0.1, -0.05) is 30.3 Å². The third kappa shape index (κ3) is 3.78. The van der Waals surface area contributed by atoms with Crippen molar-refractivity contribution in [2.24, 2.45) is 0 Å². The Morgan fingerprint density at radius 1 is 0.929 bits per heavy atom. The van der Waals surface area contributed by atoms with E-state index in [4.69, 9.17) is 4.74 Å². The van der Waals surface area contributed by atoms with Crippen LogP contribution >= 0.6 is 0 Å². The summed E-state index contributed by atoms with van der Waals surface area (Å²) in [6.07, 6.45) is 1.79. The van der Waals surface area contributed by atoms with Crippen molar-refractivity contribution in [3.63, 3.8) is 0 Å². The summed E-state index contributed by atoms with van der Waals surface area (Å²) in [6, 6.07) is 24.5. The van der Waals surface area contributed by atoms with Gasteiger partial charge in [-0.05, 0) is 48.5 Å². The first kappa shape index (κ1) is 17.5. The van der Waals surface area contributed by atoms with E-state index in [1.165, 1.54) is 0 Å². The minimum absolute atomic E-state index is 0.138. The van der Waals surface area contributed by atoms with Crippen LogP contribution in [0.3, 0.4) is 0 Å². The number of ether oxygens (including phenoxy) is 1. The van der Waals surface area contributed by atoms with E-state index in [0.29, 0.717) is 5.56 Å². The Labute approximate surface area is 163 Å². The fourth-order valence-corrected chi connectivity index (χ4v) is 2.92. The Bertz CT molecular complexity index is 1090. The summed E-state index contributed by atoms with van der Waals surface area (Å²) in [5.41, 5.74) is 4.14. The molecule has 0 aliphatic rings. The molecule has 1 amide bonds. The van der Waals surface area contributed by atoms with Gasteiger partial charge in [0, 0.05) is 22.4 Å². The van der Waals surface area contributed by atoms with E-state index in [1.54, 1.807) is 25.4 Å². The number of nitrogens with one attached hydrogen (secondary N) is 2. The Morgan fingerprint density at radius 3 is 2.46 bits per heavy atom. The van der Waals surface area contributed by atoms with Gasteiger partial charge in [-0.15, -0.1) is 0 Å². The first-order valence-electron chi connectivity index (χ1n) is 8.89. The molecule has 138 valence electrons. The summed E-state index contributed by atoms with van der Waals surface area (Å²) >= 11 is 0. The van der Waals surface area contributed by atoms with E-state index in [2.05, 4.69) is 15.3 Å². The van der Waals surface area contributed by atoms with Gasteiger partial charge in [0.1, 0.15) is 11.6 Å². The molecule has 1 heterocycles. The third-order valence-corrected chi connectivity index (χ3v) is 4.41. The van der Waals surface area contributed by atoms with Crippen molar-refractivity contribution in [1.29, 1.82) is 0 Å². The van der Waals surface area contributed by atoms with Crippen LogP contribution in [-0.2, 0) is 0 Å². The van der Waals surface area contributed by atoms with Gasteiger partial charge >= 0.3 is 0 Å². The molecule has 0 spiro atoms. The summed E-state index contributed by atoms with van der Waals surface area (Å²) in [6.45, 7) is 0. The zero-order valence-corrected chi connectivity index (χ0v) is 15.3. The molecule has 5 heteroatoms. The van der Waals surface area contributed by atoms with Crippen LogP contribution in [-0.4, -0.2) is 23.0 Å². The molecule has 0 atom stereocenters. The number of nitrogens with zero attached hydrogens (tertiary/aromatic N) is 1. The smallest absolute Gasteiger partial charge is 0.255 e. The van der Waals surface area contributed by atoms with Crippen molar-refractivity contribution < 1.29 is 9.53 Å². The maximum Gasteiger partial charge on any atom is 0.255 e. The maximum atomic E-state index is 12.4. The van der Waals surface area contributed by atoms with Crippen molar-refractivity contribution >= 4 is 11.6 Å². The molecule has 2 N–H and O–H groups in total. The number of H-pyrrole nitrogens is 1. The number of methoxy groups -OCH3 is 1. The van der Waals surface area contributed by atoms with Crippen molar-refractivity contribution in [2.75, 3.05) is 12.4 Å². The number of hydrogen-bond acceptors (Lipinski definition) is 3. The minimum Gasteiger partial charge on any atom is -0.497 e. The monoisotopic (exact) mass is 369 g/mol. The predicted molar refractivity (Wildman–Crippen MR) is 110 cm³/mol. The summed E-state index contributed by atoms with van der Waals surface area (Å²) in [5.74, 6) is 1.44. The number of imidazole rings is 1. The van der Waals surface area contributed by atoms with Gasteiger partial charge in [0.2, 0.25) is 0 Å². The molecule has 0 fully saturated rings. The Hall–Kier alpha value is -3.86. The number of benzene rings is 3. The van der Waals surface area contributed by atoms with Crippen LogP contribution in [0.2, 0.25) is 0 Å². The van der Waals surface area contributed by atoms with Crippen molar-refractivity contribution in [1.82, 2.24) is 9.97 Å². The highest BCUT2D eigenvalue weighted by atomic mass is 16.5. The molecular weight excluding hydrogens is 350 g/mol. The zero-order valence-electron chi connectivity index (χ0n) is 15.3. The molecule has 4 rings (SSSR count). The minimum atomic E-state index is -0.138. The summed E-state index contributed by atoms with van der Waals surface area (Å²) in [4.78, 5) is 20.2. The van der Waals surface area contributed by atoms with E-state index < -0.39 is 0 Å². The highest BCUT2D eigenvalue weighted by molar-refractivity contribution is 6.04. The summed E-state index contributed by atoms with van der Waals surface area (Å²) in [7, 11) is 1.64. The van der Waals surface area contributed by atoms with Gasteiger partial charge in [-0.25, -0.2) is 4.98 Å². The quantitative estimate of drug-likeness (QED) is 0.520. The Morgan fingerprint density at radius 2 is 1.71 bits per heavy atom. The second-order valence-electron chi connectivity index (χ2n) is 6.27. The number of anilines is 1. The van der Waals surface area contributed by atoms with Gasteiger partial charge in [-0.3, -0.25) is 4.79 Å². The van der Waals surface area contributed by atoms with Crippen LogP contribution in [0.5, 0.6) is 5.75 Å². The average molecular weight is 369 g/mol. The highest BCUT2D eigenvalue weighted by Gasteiger charge is 2.09. The molecule has 0 aliphatic carbocycles. The molecule has 0 saturated carbocycles. The largest absolute Gasteiger partial charge is 0.497 e. The number of rotatable bonds is 5. The molecule has 0 saturated heterocycles. The number of aromatic nitrogens is 2. The first-order valence-corrected chi connectivity index (χ1v) is 8.89. The molecule has 3 aromatic carbocycles. The van der Waals surface area contributed by atoms with E-state index in [-0.39, 0.29) is 5.91 Å². The summed E-state index contributed by atoms with van der Waals surface area (Å²) in [5, 5.41) is 2.93. The standard InChI is InChI=1S/C23H19N3O2/c1-28-20-12-10-16(11-13-20)22-24-15-21(26-22)18-8-5-9-19(14-18)25-23(27)17-6-3-2-4-7-17/h2-15H,1H3,(H,24,26)(H,25,27). The molecule has 28 heavy (non-hydrogen) atoms. The van der Waals surface area contributed by atoms with Gasteiger partial charge < -0.3 is 15.0 Å². The van der Waals surface area contributed by atoms with Crippen LogP contribution in [0, 0.1) is 0 Å². The number of aromatic amines is 1. The fourth-order valence-electron chi connectivity index (χ4n) is 2.92. The van der Waals surface area contributed by atoms with Gasteiger partial charge in [-0.2, -0.15) is 0 Å². The van der Waals surface area contributed by atoms with Crippen LogP contribution in [0.15, 0.2) is 85.1 Å². The van der Waals surface area contributed by atoms with E-state index in [1.807, 2.05) is 66.7 Å². The van der Waals surface area contributed by atoms with Crippen molar-refractivity contribution in [3.8, 4) is 28.4 Å². The maximum absolute atomic E-state index is 12.4. The van der Waals surface area contributed by atoms with Gasteiger partial charge in [0.05, 0.1) is 19.0 Å². The third-order valence-electron chi connectivity index (χ3n) is 4.41. The lowest BCUT2D eigenvalue weighted by molar-refractivity contribution is 0.102. The molecule has 0 bridgehead atoms. The van der Waals surface area contributed by atoms with Crippen LogP contribution in [0.1, 0.15) is 10.4 Å². The predicted octanol–water partition coefficient (Wildman–Crippen LogP) is 5.00. The second-order valence-corrected chi connectivity index (χ2v) is 6.27. The van der Waals surface area contributed by atoms with Gasteiger partial charge in [0.25, 0.3) is 5.91 Å². The van der Waals surface area contributed by atoms with E-state index in [0.717, 1.165) is 34.1 Å². The van der Waals surface area contributed by atoms with Crippen LogP contribution in [0.4, 0.5) is 5.69 Å². The highest BCUT2D eigenvalue weighted by Crippen LogP contribution is 2.25. The Balaban J connectivity index is 1.54. The van der Waals surface area contributed by atoms with Crippen molar-refractivity contribution in [2.45, 2.75) is 0 Å². The SMILES string of the molecule is COc1ccc(-c2ncc(-c3cccc(NC(=O)c4ccccc4)c3)[nH]2)cc1. The molecule has 1 aromatic heterocycles. The zero-order chi connectivity index (χ0) is 19.3. The lowest BCUT2D eigenvalue weighted by Gasteiger charge is -2.07. The normalized spacial score (nSPS) is 10.5. The van der Waals surface area contributed by atoms with E-state index >= 15 is 0 Å². The number of carbonyl (C=O) groups excluding carboxylic acids is 1. The van der Waals surface area contributed by atoms with Crippen LogP contribution < -0.4 is 10.1 Å². The van der Waals surface area contributed by atoms with Crippen LogP contribution in [0.25, 0.3) is 22.6 Å². The molecular formula is C23H19N3O2. The topological polar surface area (TPSA) is 67.0 Å². The molecule has 5 nitrogen and oxygen atoms in total. The molecule has 0 radical (unpaired) electrons. The number of amides is 1. The second kappa shape index (κ2) is 7.80. The first-order chi connectivity index (χ1) is 13.7. The fraction of sp³-hybridized carbons (Fsp3) is 0.0435. The average Bonchev–Trinajstić information content (AvgIpc) is 3.25. The Kier molecular flexibility index (Phi) is 4.89. The lowest BCUT2D eigenvalue weighted by Crippen LogP contribution is -2.11. The van der Waals surface area contributed by atoms with Gasteiger partial charge in [0.15, 0.2) is 0 Å². The van der Waals surface area contributed by atoms with Crippen molar-refractivity contribution in [3.05, 3.63) is 90.6 Å². The number of hydrogen-bond donors (Lipinski definition) is 2. The number of carbonyl (C=O) groups is 1. The molecule has 0 unspecified atom stereocenters. The van der Waals surface area contributed by atoms with E-state index in [9.17, 15) is 4.79 Å². The molecule has 4 aromatic rings.